The smallest absolute Gasteiger partial charge is 0.255 e. The van der Waals surface area contributed by atoms with Crippen molar-refractivity contribution in [1.82, 2.24) is 0 Å². The zero-order valence-electron chi connectivity index (χ0n) is 5.77. The van der Waals surface area contributed by atoms with Gasteiger partial charge in [-0.2, -0.15) is 10.5 Å². The third kappa shape index (κ3) is 17.7. The molecule has 1 unspecified atom stereocenters. The van der Waals surface area contributed by atoms with Crippen LogP contribution in [0.25, 0.3) is 0 Å². The summed E-state index contributed by atoms with van der Waals surface area (Å²) < 4.78 is 6.39. The molecule has 1 atom stereocenters. The van der Waals surface area contributed by atoms with E-state index < -0.39 is 16.6 Å². The summed E-state index contributed by atoms with van der Waals surface area (Å²) >= 11 is 0. The van der Waals surface area contributed by atoms with Gasteiger partial charge in [-0.1, -0.05) is 5.16 Å². The van der Waals surface area contributed by atoms with Crippen LogP contribution in [0.2, 0.25) is 0 Å². The first-order chi connectivity index (χ1) is 5.08. The Morgan fingerprint density at radius 3 is 1.91 bits per heavy atom. The van der Waals surface area contributed by atoms with Crippen molar-refractivity contribution in [2.45, 2.75) is 0 Å². The number of nitrogens with zero attached hydrogens (tertiary/aromatic N) is 3. The van der Waals surface area contributed by atoms with Gasteiger partial charge in [0.15, 0.2) is 0 Å². The zero-order valence-corrected chi connectivity index (χ0v) is 6.59. The van der Waals surface area contributed by atoms with Crippen molar-refractivity contribution in [3.8, 4) is 12.1 Å². The second-order valence-electron chi connectivity index (χ2n) is 1.23. The molecule has 0 heterocycles. The van der Waals surface area contributed by atoms with E-state index in [2.05, 4.69) is 5.16 Å². The molecule has 0 aliphatic carbocycles. The van der Waals surface area contributed by atoms with Gasteiger partial charge in [-0.25, -0.2) is 0 Å². The van der Waals surface area contributed by atoms with Gasteiger partial charge in [0, 0.05) is 6.26 Å². The molecule has 6 nitrogen and oxygen atoms in total. The second kappa shape index (κ2) is 8.56. The number of nitrogens with one attached hydrogen (secondary N) is 1. The number of hydrogen-bond donors (Lipinski definition) is 3. The largest absolute Gasteiger partial charge is 0.409 e. The first-order valence-electron chi connectivity index (χ1n) is 2.22. The van der Waals surface area contributed by atoms with Crippen LogP contribution in [0.5, 0.6) is 0 Å². The topological polar surface area (TPSA) is 130 Å². The molecule has 60 valence electrons. The molecule has 0 aliphatic heterocycles. The minimum atomic E-state index is -0.611. The number of rotatable bonds is 0. The monoisotopic (exact) mass is 173 g/mol. The Morgan fingerprint density at radius 2 is 1.91 bits per heavy atom. The van der Waals surface area contributed by atoms with Crippen molar-refractivity contribution in [3.63, 3.8) is 0 Å². The van der Waals surface area contributed by atoms with Crippen molar-refractivity contribution in [3.05, 3.63) is 0 Å². The van der Waals surface area contributed by atoms with Crippen LogP contribution in [0, 0.1) is 27.4 Å². The van der Waals surface area contributed by atoms with Gasteiger partial charge < -0.3 is 5.21 Å². The highest BCUT2D eigenvalue weighted by Gasteiger charge is 1.87. The van der Waals surface area contributed by atoms with Gasteiger partial charge in [0.1, 0.15) is 12.1 Å². The first kappa shape index (κ1) is 12.3. The zero-order chi connectivity index (χ0) is 9.28. The Labute approximate surface area is 66.6 Å². The predicted molar refractivity (Wildman–Crippen MR) is 40.6 cm³/mol. The SMILES string of the molecule is CS(=N)N.N#CC(C#N)=NO. The Hall–Kier alpha value is -1.44. The molecule has 11 heavy (non-hydrogen) atoms. The van der Waals surface area contributed by atoms with E-state index in [1.165, 1.54) is 12.1 Å². The molecule has 7 heteroatoms. The summed E-state index contributed by atoms with van der Waals surface area (Å²) in [6.07, 6.45) is 1.64. The average Bonchev–Trinajstić information content (AvgIpc) is 1.90. The Bertz CT molecular complexity index is 214. The van der Waals surface area contributed by atoms with Crippen molar-refractivity contribution < 1.29 is 5.21 Å². The van der Waals surface area contributed by atoms with Crippen molar-refractivity contribution in [2.24, 2.45) is 10.3 Å². The second-order valence-corrected chi connectivity index (χ2v) is 2.35. The molecule has 0 aliphatic rings. The van der Waals surface area contributed by atoms with E-state index in [0.717, 1.165) is 0 Å². The highest BCUT2D eigenvalue weighted by Crippen LogP contribution is 1.65. The fourth-order valence-electron chi connectivity index (χ4n) is 0.0697. The quantitative estimate of drug-likeness (QED) is 0.264. The lowest BCUT2D eigenvalue weighted by Crippen LogP contribution is -1.93. The molecule has 0 bridgehead atoms. The summed E-state index contributed by atoms with van der Waals surface area (Å²) in [5.41, 5.74) is -0.528. The normalized spacial score (nSPS) is 9.09. The van der Waals surface area contributed by atoms with Crippen molar-refractivity contribution >= 4 is 16.6 Å². The summed E-state index contributed by atoms with van der Waals surface area (Å²) in [5.74, 6) is 0. The predicted octanol–water partition coefficient (Wildman–Crippen LogP) is -0.266. The fourth-order valence-corrected chi connectivity index (χ4v) is 0.0697. The average molecular weight is 173 g/mol. The number of nitrogens with two attached hydrogens (primary N) is 1. The minimum absolute atomic E-state index is 0.528. The van der Waals surface area contributed by atoms with Crippen LogP contribution < -0.4 is 5.14 Å². The van der Waals surface area contributed by atoms with Gasteiger partial charge in [0.25, 0.3) is 5.71 Å². The van der Waals surface area contributed by atoms with Gasteiger partial charge >= 0.3 is 0 Å². The molecule has 0 spiro atoms. The summed E-state index contributed by atoms with van der Waals surface area (Å²) in [7, 11) is -0.611. The molecule has 4 N–H and O–H groups in total. The molecular weight excluding hydrogens is 166 g/mol. The van der Waals surface area contributed by atoms with Gasteiger partial charge in [-0.15, -0.1) is 0 Å². The molecule has 0 aromatic rings. The molecule has 0 fully saturated rings. The maximum atomic E-state index is 7.76. The van der Waals surface area contributed by atoms with E-state index >= 15 is 0 Å². The standard InChI is InChI=1S/C3HN3O.CH6N2S/c4-1-3(2-5)6-7;1-4(2)3/h7H;1H3,(H3,2,3). The van der Waals surface area contributed by atoms with Crippen LogP contribution in [0.1, 0.15) is 0 Å². The van der Waals surface area contributed by atoms with Crippen LogP contribution >= 0.6 is 0 Å². The molecule has 0 saturated heterocycles. The van der Waals surface area contributed by atoms with Crippen LogP contribution in [0.15, 0.2) is 5.16 Å². The third-order valence-electron chi connectivity index (χ3n) is 0.312. The van der Waals surface area contributed by atoms with Crippen molar-refractivity contribution in [1.29, 1.82) is 15.3 Å². The van der Waals surface area contributed by atoms with E-state index in [-0.39, 0.29) is 0 Å². The molecule has 0 aromatic carbocycles. The highest BCUT2D eigenvalue weighted by molar-refractivity contribution is 7.82. The van der Waals surface area contributed by atoms with E-state index in [1.54, 1.807) is 6.26 Å². The molecule has 0 amide bonds. The van der Waals surface area contributed by atoms with Crippen LogP contribution in [-0.4, -0.2) is 17.2 Å². The van der Waals surface area contributed by atoms with E-state index in [1.807, 2.05) is 0 Å². The van der Waals surface area contributed by atoms with Gasteiger partial charge in [0.2, 0.25) is 0 Å². The van der Waals surface area contributed by atoms with Gasteiger partial charge in [-0.3, -0.25) is 9.92 Å². The lowest BCUT2D eigenvalue weighted by Gasteiger charge is -1.69. The summed E-state index contributed by atoms with van der Waals surface area (Å²) in [6.45, 7) is 0. The van der Waals surface area contributed by atoms with Crippen LogP contribution in [0.3, 0.4) is 0 Å². The summed E-state index contributed by atoms with van der Waals surface area (Å²) in [4.78, 5) is 0. The summed E-state index contributed by atoms with van der Waals surface area (Å²) in [6, 6.07) is 2.68. The van der Waals surface area contributed by atoms with E-state index in [9.17, 15) is 0 Å². The Morgan fingerprint density at radius 1 is 1.64 bits per heavy atom. The number of oxime groups is 1. The van der Waals surface area contributed by atoms with Gasteiger partial charge in [0.05, 0.1) is 0 Å². The lowest BCUT2D eigenvalue weighted by molar-refractivity contribution is 0.320. The van der Waals surface area contributed by atoms with E-state index in [0.29, 0.717) is 0 Å². The first-order valence-corrected chi connectivity index (χ1v) is 3.92. The summed E-state index contributed by atoms with van der Waals surface area (Å²) in [5, 5.41) is 30.3. The maximum absolute atomic E-state index is 7.76. The third-order valence-corrected chi connectivity index (χ3v) is 0.312. The highest BCUT2D eigenvalue weighted by atomic mass is 32.2. The maximum Gasteiger partial charge on any atom is 0.255 e. The lowest BCUT2D eigenvalue weighted by atomic mass is 10.5. The Balaban J connectivity index is 0. The van der Waals surface area contributed by atoms with E-state index in [4.69, 9.17) is 25.6 Å². The van der Waals surface area contributed by atoms with Crippen LogP contribution in [0.4, 0.5) is 0 Å². The number of hydrogen-bond acceptors (Lipinski definition) is 5. The fraction of sp³-hybridized carbons (Fsp3) is 0.250. The van der Waals surface area contributed by atoms with Crippen LogP contribution in [-0.2, 0) is 10.9 Å². The molecular formula is C4H7N5OS. The van der Waals surface area contributed by atoms with Crippen molar-refractivity contribution in [2.75, 3.05) is 6.26 Å². The van der Waals surface area contributed by atoms with Gasteiger partial charge in [-0.05, 0) is 10.9 Å². The number of nitriles is 2. The molecule has 0 radical (unpaired) electrons. The minimum Gasteiger partial charge on any atom is -0.409 e. The molecule has 0 aromatic heterocycles. The molecule has 0 saturated carbocycles. The molecule has 0 rings (SSSR count). The Kier molecular flexibility index (Phi) is 9.54.